The van der Waals surface area contributed by atoms with Crippen molar-refractivity contribution in [3.05, 3.63) is 59.9 Å². The second kappa shape index (κ2) is 25.6. The number of aromatic nitrogens is 1. The molecule has 1 heterocycles. The largest absolute Gasteiger partial charge is 0.691 e. The number of benzene rings is 1. The first-order valence-corrected chi connectivity index (χ1v) is 17.8. The lowest BCUT2D eigenvalue weighted by molar-refractivity contribution is -0.777. The molecule has 0 radical (unpaired) electrons. The highest BCUT2D eigenvalue weighted by atomic mass is 32.2. The van der Waals surface area contributed by atoms with Gasteiger partial charge >= 0.3 is 0 Å². The Kier molecular flexibility index (Phi) is 22.2. The minimum Gasteiger partial charge on any atom is -0.691 e. The second-order valence-corrected chi connectivity index (χ2v) is 12.3. The zero-order valence-electron chi connectivity index (χ0n) is 26.7. The summed E-state index contributed by atoms with van der Waals surface area (Å²) in [5, 5.41) is 13.2. The number of unbranched alkanes of at least 4 members (excludes halogenated alkanes) is 14. The van der Waals surface area contributed by atoms with Crippen LogP contribution in [0.3, 0.4) is 0 Å². The van der Waals surface area contributed by atoms with Gasteiger partial charge in [-0.1, -0.05) is 128 Å². The van der Waals surface area contributed by atoms with Crippen molar-refractivity contribution in [1.29, 1.82) is 0 Å². The predicted molar refractivity (Wildman–Crippen MR) is 179 cm³/mol. The number of nitrogens with zero attached hydrogens (tertiary/aromatic N) is 2. The first-order valence-electron chi connectivity index (χ1n) is 16.9. The average Bonchev–Trinajstić information content (AvgIpc) is 3.02. The molecule has 2 rings (SSSR count). The van der Waals surface area contributed by atoms with Crippen molar-refractivity contribution in [1.82, 2.24) is 0 Å². The van der Waals surface area contributed by atoms with Crippen molar-refractivity contribution < 1.29 is 19.2 Å². The third-order valence-corrected chi connectivity index (χ3v) is 8.53. The minimum atomic E-state index is 0.711. The number of pyridine rings is 1. The molecule has 1 aromatic carbocycles. The predicted octanol–water partition coefficient (Wildman–Crippen LogP) is 9.49. The minimum absolute atomic E-state index is 0.711. The van der Waals surface area contributed by atoms with Gasteiger partial charge in [0, 0.05) is 55.1 Å². The highest BCUT2D eigenvalue weighted by Gasteiger charge is 2.07. The normalized spacial score (nSPS) is 11.5. The van der Waals surface area contributed by atoms with E-state index in [1.165, 1.54) is 133 Å². The molecule has 0 aliphatic rings. The van der Waals surface area contributed by atoms with Gasteiger partial charge in [-0.05, 0) is 36.1 Å². The van der Waals surface area contributed by atoms with Crippen LogP contribution in [-0.2, 0) is 15.9 Å². The van der Waals surface area contributed by atoms with Crippen LogP contribution in [0.25, 0.3) is 12.2 Å². The van der Waals surface area contributed by atoms with E-state index in [0.29, 0.717) is 5.75 Å². The highest BCUT2D eigenvalue weighted by Crippen LogP contribution is 2.20. The van der Waals surface area contributed by atoms with Crippen molar-refractivity contribution >= 4 is 29.9 Å². The summed E-state index contributed by atoms with van der Waals surface area (Å²) in [6, 6.07) is 13.4. The van der Waals surface area contributed by atoms with E-state index in [-0.39, 0.29) is 0 Å². The smallest absolute Gasteiger partial charge is 0.169 e. The van der Waals surface area contributed by atoms with E-state index in [9.17, 15) is 5.26 Å². The van der Waals surface area contributed by atoms with Gasteiger partial charge in [-0.3, -0.25) is 5.04 Å². The molecule has 0 amide bonds. The van der Waals surface area contributed by atoms with Crippen LogP contribution in [0.1, 0.15) is 134 Å². The molecular formula is C36H58N2O3S. The molecule has 0 N–H and O–H groups in total. The Bertz CT molecular complexity index is 885. The van der Waals surface area contributed by atoms with Crippen LogP contribution >= 0.6 is 12.0 Å². The topological polar surface area (TPSA) is 48.6 Å². The van der Waals surface area contributed by atoms with Gasteiger partial charge in [-0.25, -0.2) is 4.57 Å². The van der Waals surface area contributed by atoms with Crippen LogP contribution in [0, 0.1) is 0 Å². The van der Waals surface area contributed by atoms with Gasteiger partial charge in [0.25, 0.3) is 0 Å². The average molecular weight is 599 g/mol. The quantitative estimate of drug-likeness (QED) is 0.0337. The lowest BCUT2D eigenvalue weighted by Crippen LogP contribution is -2.32. The molecule has 1 aromatic heterocycles. The maximum atomic E-state index is 9.83. The Hall–Kier alpha value is -1.86. The van der Waals surface area contributed by atoms with Crippen molar-refractivity contribution in [3.63, 3.8) is 0 Å². The Morgan fingerprint density at radius 1 is 0.643 bits per heavy atom. The van der Waals surface area contributed by atoms with Crippen LogP contribution < -0.4 is 14.7 Å². The van der Waals surface area contributed by atoms with Gasteiger partial charge in [0.05, 0.1) is 0 Å². The molecule has 0 spiro atoms. The standard InChI is InChI=1S/C36H58N2O3S/c1-3-5-7-9-11-13-15-17-29-38(30-18-16-14-12-10-8-6-4-2)36-24-22-34(23-25-36)20-21-35-26-31-37(32-27-35)28-19-33-42-41-40-39/h20-27,31-32H,3-19,28-30,33H2,1-2H3. The molecule has 0 saturated heterocycles. The molecular weight excluding hydrogens is 540 g/mol. The number of hydrogen-bond acceptors (Lipinski definition) is 5. The third-order valence-electron chi connectivity index (χ3n) is 7.93. The van der Waals surface area contributed by atoms with Gasteiger partial charge in [0.2, 0.25) is 0 Å². The van der Waals surface area contributed by atoms with Gasteiger partial charge in [0.1, 0.15) is 6.54 Å². The van der Waals surface area contributed by atoms with Crippen molar-refractivity contribution in [2.24, 2.45) is 0 Å². The molecule has 6 heteroatoms. The zero-order valence-corrected chi connectivity index (χ0v) is 27.5. The summed E-state index contributed by atoms with van der Waals surface area (Å²) in [4.78, 5) is 2.63. The molecule has 236 valence electrons. The Morgan fingerprint density at radius 3 is 1.62 bits per heavy atom. The number of aryl methyl sites for hydroxylation is 1. The second-order valence-electron chi connectivity index (χ2n) is 11.5. The molecule has 0 bridgehead atoms. The van der Waals surface area contributed by atoms with Crippen molar-refractivity contribution in [3.8, 4) is 0 Å². The highest BCUT2D eigenvalue weighted by molar-refractivity contribution is 7.94. The molecule has 0 saturated carbocycles. The van der Waals surface area contributed by atoms with Gasteiger partial charge in [0.15, 0.2) is 12.4 Å². The van der Waals surface area contributed by atoms with E-state index >= 15 is 0 Å². The van der Waals surface area contributed by atoms with Crippen LogP contribution in [0.2, 0.25) is 0 Å². The summed E-state index contributed by atoms with van der Waals surface area (Å²) in [5.74, 6) is 0.711. The molecule has 0 atom stereocenters. The summed E-state index contributed by atoms with van der Waals surface area (Å²) in [6.45, 7) is 7.79. The fourth-order valence-electron chi connectivity index (χ4n) is 5.32. The van der Waals surface area contributed by atoms with Crippen LogP contribution in [0.4, 0.5) is 5.69 Å². The van der Waals surface area contributed by atoms with E-state index in [4.69, 9.17) is 0 Å². The van der Waals surface area contributed by atoms with E-state index in [1.54, 1.807) is 0 Å². The van der Waals surface area contributed by atoms with Crippen LogP contribution in [0.5, 0.6) is 0 Å². The van der Waals surface area contributed by atoms with Crippen LogP contribution in [-0.4, -0.2) is 18.8 Å². The molecule has 5 nitrogen and oxygen atoms in total. The van der Waals surface area contributed by atoms with Gasteiger partial charge < -0.3 is 10.2 Å². The monoisotopic (exact) mass is 598 g/mol. The molecule has 2 aromatic rings. The summed E-state index contributed by atoms with van der Waals surface area (Å²) >= 11 is 1.04. The first kappa shape index (κ1) is 36.3. The Balaban J connectivity index is 1.82. The molecule has 42 heavy (non-hydrogen) atoms. The SMILES string of the molecule is CCCCCCCCCCN(CCCCCCCCCC)c1ccc(C=Cc2cc[n+](CCCSOO[O-])cc2)cc1. The molecule has 0 aliphatic heterocycles. The van der Waals surface area contributed by atoms with E-state index in [0.717, 1.165) is 25.0 Å². The lowest BCUT2D eigenvalue weighted by Gasteiger charge is -2.25. The van der Waals surface area contributed by atoms with E-state index < -0.39 is 0 Å². The van der Waals surface area contributed by atoms with E-state index in [2.05, 4.69) is 93.6 Å². The van der Waals surface area contributed by atoms with Crippen LogP contribution in [0.15, 0.2) is 48.8 Å². The molecule has 0 unspecified atom stereocenters. The molecule has 0 aliphatic carbocycles. The summed E-state index contributed by atoms with van der Waals surface area (Å²) in [5.41, 5.74) is 3.77. The lowest BCUT2D eigenvalue weighted by atomic mass is 10.1. The fourth-order valence-corrected chi connectivity index (χ4v) is 5.67. The summed E-state index contributed by atoms with van der Waals surface area (Å²) in [6.07, 6.45) is 31.3. The third kappa shape index (κ3) is 17.9. The fraction of sp³-hybridized carbons (Fsp3) is 0.639. The number of hydrogen-bond donors (Lipinski definition) is 0. The Labute approximate surface area is 261 Å². The zero-order chi connectivity index (χ0) is 29.9. The van der Waals surface area contributed by atoms with Crippen molar-refractivity contribution in [2.45, 2.75) is 130 Å². The Morgan fingerprint density at radius 2 is 1.12 bits per heavy atom. The van der Waals surface area contributed by atoms with Gasteiger partial charge in [-0.15, -0.1) is 0 Å². The summed E-state index contributed by atoms with van der Waals surface area (Å²) in [7, 11) is 0. The first-order chi connectivity index (χ1) is 20.8. The van der Waals surface area contributed by atoms with Gasteiger partial charge in [-0.2, -0.15) is 4.33 Å². The molecule has 0 fully saturated rings. The number of anilines is 1. The summed E-state index contributed by atoms with van der Waals surface area (Å²) < 4.78 is 6.44. The van der Waals surface area contributed by atoms with Crippen molar-refractivity contribution in [2.75, 3.05) is 23.7 Å². The van der Waals surface area contributed by atoms with E-state index in [1.807, 2.05) is 0 Å². The maximum absolute atomic E-state index is 9.83. The number of rotatable bonds is 27. The maximum Gasteiger partial charge on any atom is 0.169 e.